The highest BCUT2D eigenvalue weighted by Gasteiger charge is 2.16. The molecule has 0 spiro atoms. The van der Waals surface area contributed by atoms with Gasteiger partial charge in [-0.15, -0.1) is 0 Å². The summed E-state index contributed by atoms with van der Waals surface area (Å²) in [6, 6.07) is 9.40. The van der Waals surface area contributed by atoms with Crippen LogP contribution in [0, 0.1) is 6.92 Å². The maximum absolute atomic E-state index is 12.8. The lowest BCUT2D eigenvalue weighted by atomic mass is 10.1. The molecule has 0 saturated carbocycles. The Morgan fingerprint density at radius 2 is 1.67 bits per heavy atom. The monoisotopic (exact) mass is 430 g/mol. The molecule has 0 atom stereocenters. The van der Waals surface area contributed by atoms with Crippen LogP contribution >= 0.6 is 11.3 Å². The summed E-state index contributed by atoms with van der Waals surface area (Å²) >= 11 is 1.40. The van der Waals surface area contributed by atoms with Gasteiger partial charge in [-0.2, -0.15) is 4.99 Å². The number of carbonyl (C=O) groups excluding carboxylic acids is 1. The molecule has 1 aromatic heterocycles. The van der Waals surface area contributed by atoms with Gasteiger partial charge in [0.25, 0.3) is 5.91 Å². The van der Waals surface area contributed by atoms with Crippen molar-refractivity contribution < 1.29 is 23.7 Å². The van der Waals surface area contributed by atoms with Gasteiger partial charge in [0.05, 0.1) is 34.4 Å². The van der Waals surface area contributed by atoms with Gasteiger partial charge in [0.2, 0.25) is 0 Å². The minimum absolute atomic E-state index is 0.206. The molecule has 0 aliphatic heterocycles. The van der Waals surface area contributed by atoms with Gasteiger partial charge in [0.1, 0.15) is 27.5 Å². The second kappa shape index (κ2) is 9.77. The highest BCUT2D eigenvalue weighted by Crippen LogP contribution is 2.35. The van der Waals surface area contributed by atoms with E-state index in [1.165, 1.54) is 11.3 Å². The second-order valence-electron chi connectivity index (χ2n) is 6.66. The van der Waals surface area contributed by atoms with E-state index in [4.69, 9.17) is 18.9 Å². The maximum atomic E-state index is 12.8. The first-order chi connectivity index (χ1) is 14.5. The van der Waals surface area contributed by atoms with Crippen molar-refractivity contribution in [2.45, 2.75) is 19.9 Å². The number of hydrogen-bond acceptors (Lipinski definition) is 6. The summed E-state index contributed by atoms with van der Waals surface area (Å²) in [4.78, 5) is 17.8. The lowest BCUT2D eigenvalue weighted by Crippen LogP contribution is -2.20. The van der Waals surface area contributed by atoms with Gasteiger partial charge in [0, 0.05) is 13.7 Å². The van der Waals surface area contributed by atoms with E-state index >= 15 is 0 Å². The van der Waals surface area contributed by atoms with Crippen molar-refractivity contribution >= 4 is 27.5 Å². The molecule has 1 heterocycles. The van der Waals surface area contributed by atoms with Crippen molar-refractivity contribution in [3.8, 4) is 17.2 Å². The number of aryl methyl sites for hydroxylation is 1. The third-order valence-electron chi connectivity index (χ3n) is 4.75. The highest BCUT2D eigenvalue weighted by atomic mass is 32.1. The molecule has 8 heteroatoms. The van der Waals surface area contributed by atoms with Gasteiger partial charge in [-0.3, -0.25) is 4.79 Å². The van der Waals surface area contributed by atoms with E-state index in [1.54, 1.807) is 28.4 Å². The van der Waals surface area contributed by atoms with E-state index < -0.39 is 0 Å². The van der Waals surface area contributed by atoms with Crippen LogP contribution < -0.4 is 19.0 Å². The zero-order chi connectivity index (χ0) is 21.7. The molecular weight excluding hydrogens is 404 g/mol. The largest absolute Gasteiger partial charge is 0.496 e. The van der Waals surface area contributed by atoms with Crippen LogP contribution in [0.3, 0.4) is 0 Å². The standard InChI is InChI=1S/C22H26N2O5S/c1-14-12-15(6-7-16(14)27-3)13-19(25)23-22-24(10-11-26-2)20-17(28-4)8-9-18(29-5)21(20)30-22/h6-9,12H,10-11,13H2,1-5H3. The number of aromatic nitrogens is 1. The number of rotatable bonds is 8. The molecule has 0 N–H and O–H groups in total. The van der Waals surface area contributed by atoms with E-state index in [0.717, 1.165) is 27.1 Å². The summed E-state index contributed by atoms with van der Waals surface area (Å²) in [6.07, 6.45) is 0.206. The molecule has 0 aliphatic carbocycles. The van der Waals surface area contributed by atoms with Crippen LogP contribution in [0.1, 0.15) is 11.1 Å². The molecule has 0 bridgehead atoms. The molecule has 30 heavy (non-hydrogen) atoms. The third kappa shape index (κ3) is 4.49. The van der Waals surface area contributed by atoms with Crippen LogP contribution in [-0.2, 0) is 22.5 Å². The van der Waals surface area contributed by atoms with E-state index in [-0.39, 0.29) is 12.3 Å². The molecule has 3 aromatic rings. The van der Waals surface area contributed by atoms with Crippen molar-refractivity contribution in [1.82, 2.24) is 4.57 Å². The van der Waals surface area contributed by atoms with Crippen molar-refractivity contribution in [2.75, 3.05) is 35.0 Å². The first-order valence-electron chi connectivity index (χ1n) is 9.46. The minimum Gasteiger partial charge on any atom is -0.496 e. The first-order valence-corrected chi connectivity index (χ1v) is 10.3. The maximum Gasteiger partial charge on any atom is 0.252 e. The summed E-state index contributed by atoms with van der Waals surface area (Å²) in [7, 11) is 6.51. The van der Waals surface area contributed by atoms with Gasteiger partial charge in [-0.25, -0.2) is 0 Å². The Balaban J connectivity index is 2.05. The average molecular weight is 431 g/mol. The SMILES string of the molecule is COCCn1c(=NC(=O)Cc2ccc(OC)c(C)c2)sc2c(OC)ccc(OC)c21. The van der Waals surface area contributed by atoms with Crippen molar-refractivity contribution in [3.63, 3.8) is 0 Å². The van der Waals surface area contributed by atoms with Crippen LogP contribution in [0.5, 0.6) is 17.2 Å². The minimum atomic E-state index is -0.227. The van der Waals surface area contributed by atoms with Gasteiger partial charge in [0.15, 0.2) is 4.80 Å². The summed E-state index contributed by atoms with van der Waals surface area (Å²) in [5, 5.41) is 0. The van der Waals surface area contributed by atoms with Crippen LogP contribution in [0.2, 0.25) is 0 Å². The molecule has 0 radical (unpaired) electrons. The quantitative estimate of drug-likeness (QED) is 0.548. The molecule has 2 aromatic carbocycles. The van der Waals surface area contributed by atoms with Crippen LogP contribution in [0.25, 0.3) is 10.2 Å². The predicted octanol–water partition coefficient (Wildman–Crippen LogP) is 3.35. The number of methoxy groups -OCH3 is 4. The number of ether oxygens (including phenoxy) is 4. The van der Waals surface area contributed by atoms with E-state index in [2.05, 4.69) is 4.99 Å². The van der Waals surface area contributed by atoms with Crippen molar-refractivity contribution in [2.24, 2.45) is 4.99 Å². The predicted molar refractivity (Wildman–Crippen MR) is 117 cm³/mol. The number of carbonyl (C=O) groups is 1. The molecule has 0 aliphatic rings. The molecular formula is C22H26N2O5S. The number of thiazole rings is 1. The van der Waals surface area contributed by atoms with Gasteiger partial charge < -0.3 is 23.5 Å². The molecule has 7 nitrogen and oxygen atoms in total. The molecule has 0 unspecified atom stereocenters. The van der Waals surface area contributed by atoms with E-state index in [9.17, 15) is 4.79 Å². The summed E-state index contributed by atoms with van der Waals surface area (Å²) in [6.45, 7) is 2.96. The zero-order valence-corrected chi connectivity index (χ0v) is 18.7. The lowest BCUT2D eigenvalue weighted by molar-refractivity contribution is -0.117. The summed E-state index contributed by atoms with van der Waals surface area (Å²) < 4.78 is 24.4. The molecule has 160 valence electrons. The number of nitrogens with zero attached hydrogens (tertiary/aromatic N) is 2. The van der Waals surface area contributed by atoms with Gasteiger partial charge in [-0.05, 0) is 36.2 Å². The van der Waals surface area contributed by atoms with Crippen LogP contribution in [0.4, 0.5) is 0 Å². The number of fused-ring (bicyclic) bond motifs is 1. The fourth-order valence-corrected chi connectivity index (χ4v) is 4.48. The fraction of sp³-hybridized carbons (Fsp3) is 0.364. The zero-order valence-electron chi connectivity index (χ0n) is 17.9. The number of benzene rings is 2. The molecule has 0 saturated heterocycles. The molecule has 0 fully saturated rings. The Bertz CT molecular complexity index is 1120. The van der Waals surface area contributed by atoms with E-state index in [1.807, 2.05) is 41.8 Å². The van der Waals surface area contributed by atoms with Crippen LogP contribution in [-0.4, -0.2) is 45.5 Å². The summed E-state index contributed by atoms with van der Waals surface area (Å²) in [5.41, 5.74) is 2.71. The smallest absolute Gasteiger partial charge is 0.252 e. The number of amides is 1. The third-order valence-corrected chi connectivity index (χ3v) is 5.84. The Kier molecular flexibility index (Phi) is 7.12. The Hall–Kier alpha value is -2.84. The lowest BCUT2D eigenvalue weighted by Gasteiger charge is -2.10. The van der Waals surface area contributed by atoms with Gasteiger partial charge in [-0.1, -0.05) is 23.5 Å². The normalized spacial score (nSPS) is 11.7. The Labute approximate surface area is 179 Å². The van der Waals surface area contributed by atoms with Crippen molar-refractivity contribution in [1.29, 1.82) is 0 Å². The first kappa shape index (κ1) is 21.9. The van der Waals surface area contributed by atoms with Crippen LogP contribution in [0.15, 0.2) is 35.3 Å². The molecule has 1 amide bonds. The van der Waals surface area contributed by atoms with E-state index in [0.29, 0.717) is 29.5 Å². The van der Waals surface area contributed by atoms with Gasteiger partial charge >= 0.3 is 0 Å². The Morgan fingerprint density at radius 3 is 2.30 bits per heavy atom. The van der Waals surface area contributed by atoms with Crippen molar-refractivity contribution in [3.05, 3.63) is 46.3 Å². The second-order valence-corrected chi connectivity index (χ2v) is 7.64. The molecule has 3 rings (SSSR count). The fourth-order valence-electron chi connectivity index (χ4n) is 3.30. The highest BCUT2D eigenvalue weighted by molar-refractivity contribution is 7.16. The Morgan fingerprint density at radius 1 is 1.00 bits per heavy atom. The summed E-state index contributed by atoms with van der Waals surface area (Å²) in [5.74, 6) is 1.97. The number of hydrogen-bond donors (Lipinski definition) is 0. The topological polar surface area (TPSA) is 71.3 Å². The average Bonchev–Trinajstić information content (AvgIpc) is 3.09.